The Balaban J connectivity index is 1.74. The van der Waals surface area contributed by atoms with Crippen LogP contribution in [0.1, 0.15) is 37.0 Å². The van der Waals surface area contributed by atoms with E-state index in [1.54, 1.807) is 11.3 Å². The van der Waals surface area contributed by atoms with Crippen molar-refractivity contribution in [1.82, 2.24) is 0 Å². The number of hydrogen-bond donors (Lipinski definition) is 1. The van der Waals surface area contributed by atoms with Crippen LogP contribution in [0.5, 0.6) is 0 Å². The Labute approximate surface area is 115 Å². The third-order valence-corrected chi connectivity index (χ3v) is 4.98. The average molecular weight is 292 g/mol. The Kier molecular flexibility index (Phi) is 4.90. The maximum Gasteiger partial charge on any atom is 0.391 e. The van der Waals surface area contributed by atoms with Gasteiger partial charge in [-0.3, -0.25) is 0 Å². The van der Waals surface area contributed by atoms with Crippen LogP contribution in [0.25, 0.3) is 0 Å². The average Bonchev–Trinajstić information content (AvgIpc) is 2.88. The highest BCUT2D eigenvalue weighted by atomic mass is 32.1. The summed E-state index contributed by atoms with van der Waals surface area (Å²) in [6.45, 7) is 0. The molecule has 1 unspecified atom stereocenters. The molecule has 1 atom stereocenters. The standard InChI is InChI=1S/C14H19F3OS/c15-14(16,17)11-5-3-10(4-6-11)13(18)8-7-12-2-1-9-19-12/h1-2,9-11,13,18H,3-8H2. The zero-order chi connectivity index (χ0) is 13.9. The van der Waals surface area contributed by atoms with Gasteiger partial charge in [0.25, 0.3) is 0 Å². The number of aliphatic hydroxyl groups is 1. The van der Waals surface area contributed by atoms with Crippen molar-refractivity contribution in [2.24, 2.45) is 11.8 Å². The molecule has 5 heteroatoms. The molecule has 0 aromatic carbocycles. The summed E-state index contributed by atoms with van der Waals surface area (Å²) in [6, 6.07) is 4.00. The van der Waals surface area contributed by atoms with Crippen LogP contribution >= 0.6 is 11.3 Å². The van der Waals surface area contributed by atoms with Gasteiger partial charge in [0.15, 0.2) is 0 Å². The van der Waals surface area contributed by atoms with E-state index in [4.69, 9.17) is 0 Å². The zero-order valence-corrected chi connectivity index (χ0v) is 11.5. The van der Waals surface area contributed by atoms with Crippen LogP contribution < -0.4 is 0 Å². The third-order valence-electron chi connectivity index (χ3n) is 4.05. The van der Waals surface area contributed by atoms with E-state index in [9.17, 15) is 18.3 Å². The Morgan fingerprint density at radius 1 is 1.26 bits per heavy atom. The number of hydrogen-bond acceptors (Lipinski definition) is 2. The first-order valence-corrected chi connectivity index (χ1v) is 7.62. The summed E-state index contributed by atoms with van der Waals surface area (Å²) >= 11 is 1.66. The molecule has 2 rings (SSSR count). The van der Waals surface area contributed by atoms with Gasteiger partial charge in [0.05, 0.1) is 12.0 Å². The van der Waals surface area contributed by atoms with E-state index >= 15 is 0 Å². The minimum atomic E-state index is -4.06. The number of halogens is 3. The smallest absolute Gasteiger partial charge is 0.391 e. The SMILES string of the molecule is OC(CCc1cccs1)C1CCC(C(F)(F)F)CC1. The second kappa shape index (κ2) is 6.27. The zero-order valence-electron chi connectivity index (χ0n) is 10.7. The molecule has 0 bridgehead atoms. The molecule has 19 heavy (non-hydrogen) atoms. The summed E-state index contributed by atoms with van der Waals surface area (Å²) in [6.07, 6.45) is -1.72. The van der Waals surface area contributed by atoms with Gasteiger partial charge >= 0.3 is 6.18 Å². The van der Waals surface area contributed by atoms with Crippen LogP contribution in [-0.4, -0.2) is 17.4 Å². The minimum absolute atomic E-state index is 0.0403. The Bertz CT molecular complexity index is 367. The molecular weight excluding hydrogens is 273 g/mol. The van der Waals surface area contributed by atoms with Crippen molar-refractivity contribution >= 4 is 11.3 Å². The van der Waals surface area contributed by atoms with E-state index in [-0.39, 0.29) is 18.8 Å². The molecule has 1 N–H and O–H groups in total. The van der Waals surface area contributed by atoms with Gasteiger partial charge in [-0.25, -0.2) is 0 Å². The molecule has 0 radical (unpaired) electrons. The van der Waals surface area contributed by atoms with Crippen molar-refractivity contribution in [3.63, 3.8) is 0 Å². The van der Waals surface area contributed by atoms with E-state index < -0.39 is 18.2 Å². The predicted molar refractivity (Wildman–Crippen MR) is 70.1 cm³/mol. The highest BCUT2D eigenvalue weighted by molar-refractivity contribution is 7.09. The van der Waals surface area contributed by atoms with Crippen LogP contribution in [0.2, 0.25) is 0 Å². The molecule has 1 saturated carbocycles. The minimum Gasteiger partial charge on any atom is -0.393 e. The highest BCUT2D eigenvalue weighted by Gasteiger charge is 2.42. The Hall–Kier alpha value is -0.550. The normalized spacial score (nSPS) is 26.3. The Morgan fingerprint density at radius 3 is 2.47 bits per heavy atom. The maximum atomic E-state index is 12.5. The quantitative estimate of drug-likeness (QED) is 0.871. The fraction of sp³-hybridized carbons (Fsp3) is 0.714. The second-order valence-corrected chi connectivity index (χ2v) is 6.37. The highest BCUT2D eigenvalue weighted by Crippen LogP contribution is 2.40. The van der Waals surface area contributed by atoms with Crippen molar-refractivity contribution in [2.45, 2.75) is 50.8 Å². The van der Waals surface area contributed by atoms with Gasteiger partial charge in [-0.1, -0.05) is 6.07 Å². The molecule has 0 amide bonds. The Morgan fingerprint density at radius 2 is 1.95 bits per heavy atom. The topological polar surface area (TPSA) is 20.2 Å². The number of alkyl halides is 3. The van der Waals surface area contributed by atoms with E-state index in [0.717, 1.165) is 6.42 Å². The lowest BCUT2D eigenvalue weighted by Gasteiger charge is -2.32. The van der Waals surface area contributed by atoms with Crippen LogP contribution in [0, 0.1) is 11.8 Å². The summed E-state index contributed by atoms with van der Waals surface area (Å²) in [5.41, 5.74) is 0. The van der Waals surface area contributed by atoms with Crippen molar-refractivity contribution in [1.29, 1.82) is 0 Å². The summed E-state index contributed by atoms with van der Waals surface area (Å²) in [5.74, 6) is -1.12. The first-order chi connectivity index (χ1) is 8.97. The van der Waals surface area contributed by atoms with Crippen molar-refractivity contribution in [2.75, 3.05) is 0 Å². The number of aliphatic hydroxyl groups excluding tert-OH is 1. The summed E-state index contributed by atoms with van der Waals surface area (Å²) in [4.78, 5) is 1.23. The summed E-state index contributed by atoms with van der Waals surface area (Å²) in [7, 11) is 0. The largest absolute Gasteiger partial charge is 0.393 e. The van der Waals surface area contributed by atoms with Crippen LogP contribution in [-0.2, 0) is 6.42 Å². The van der Waals surface area contributed by atoms with Gasteiger partial charge < -0.3 is 5.11 Å². The number of aryl methyl sites for hydroxylation is 1. The fourth-order valence-corrected chi connectivity index (χ4v) is 3.54. The molecule has 0 saturated heterocycles. The van der Waals surface area contributed by atoms with E-state index in [1.165, 1.54) is 4.88 Å². The van der Waals surface area contributed by atoms with E-state index in [2.05, 4.69) is 0 Å². The van der Waals surface area contributed by atoms with Crippen molar-refractivity contribution in [3.8, 4) is 0 Å². The van der Waals surface area contributed by atoms with Gasteiger partial charge in [-0.05, 0) is 55.9 Å². The first kappa shape index (κ1) is 14.9. The molecule has 0 spiro atoms. The van der Waals surface area contributed by atoms with Crippen LogP contribution in [0.3, 0.4) is 0 Å². The van der Waals surface area contributed by atoms with Gasteiger partial charge in [0, 0.05) is 4.88 Å². The molecule has 1 aliphatic carbocycles. The van der Waals surface area contributed by atoms with E-state index in [1.807, 2.05) is 17.5 Å². The molecular formula is C14H19F3OS. The van der Waals surface area contributed by atoms with Gasteiger partial charge in [0.1, 0.15) is 0 Å². The van der Waals surface area contributed by atoms with Gasteiger partial charge in [-0.15, -0.1) is 11.3 Å². The predicted octanol–water partition coefficient (Wildman–Crippen LogP) is 4.41. The van der Waals surface area contributed by atoms with Crippen molar-refractivity contribution in [3.05, 3.63) is 22.4 Å². The number of thiophene rings is 1. The molecule has 0 aliphatic heterocycles. The van der Waals surface area contributed by atoms with Crippen molar-refractivity contribution < 1.29 is 18.3 Å². The lowest BCUT2D eigenvalue weighted by Crippen LogP contribution is -2.32. The molecule has 1 aliphatic rings. The van der Waals surface area contributed by atoms with Gasteiger partial charge in [0.2, 0.25) is 0 Å². The summed E-state index contributed by atoms with van der Waals surface area (Å²) in [5, 5.41) is 12.1. The second-order valence-electron chi connectivity index (χ2n) is 5.34. The summed E-state index contributed by atoms with van der Waals surface area (Å²) < 4.78 is 37.6. The molecule has 1 heterocycles. The van der Waals surface area contributed by atoms with Crippen LogP contribution in [0.15, 0.2) is 17.5 Å². The maximum absolute atomic E-state index is 12.5. The molecule has 108 valence electrons. The monoisotopic (exact) mass is 292 g/mol. The molecule has 1 aromatic rings. The van der Waals surface area contributed by atoms with Crippen LogP contribution in [0.4, 0.5) is 13.2 Å². The third kappa shape index (κ3) is 4.21. The first-order valence-electron chi connectivity index (χ1n) is 6.74. The lowest BCUT2D eigenvalue weighted by atomic mass is 9.78. The molecule has 1 fully saturated rings. The number of rotatable bonds is 4. The van der Waals surface area contributed by atoms with Gasteiger partial charge in [-0.2, -0.15) is 13.2 Å². The van der Waals surface area contributed by atoms with E-state index in [0.29, 0.717) is 19.3 Å². The molecule has 1 aromatic heterocycles. The lowest BCUT2D eigenvalue weighted by molar-refractivity contribution is -0.185. The fourth-order valence-electron chi connectivity index (χ4n) is 2.81. The molecule has 1 nitrogen and oxygen atoms in total.